The van der Waals surface area contributed by atoms with Crippen LogP contribution in [0.15, 0.2) is 72.9 Å². The van der Waals surface area contributed by atoms with Crippen molar-refractivity contribution < 1.29 is 9.50 Å². The number of hydrogen-bond acceptors (Lipinski definition) is 3. The number of imidazole rings is 1. The minimum atomic E-state index is -0.184. The number of aliphatic hydroxyl groups excluding tert-OH is 1. The fraction of sp³-hybridized carbons (Fsp3) is 0.364. The Morgan fingerprint density at radius 1 is 0.923 bits per heavy atom. The second kappa shape index (κ2) is 9.92. The molecule has 0 atom stereocenters. The van der Waals surface area contributed by atoms with Gasteiger partial charge in [0.15, 0.2) is 0 Å². The first-order chi connectivity index (χ1) is 19.0. The largest absolute Gasteiger partial charge is 0.393 e. The minimum absolute atomic E-state index is 0.127. The van der Waals surface area contributed by atoms with E-state index in [0.717, 1.165) is 73.8 Å². The van der Waals surface area contributed by atoms with Crippen LogP contribution in [0, 0.1) is 11.7 Å². The van der Waals surface area contributed by atoms with Crippen LogP contribution in [0.5, 0.6) is 0 Å². The van der Waals surface area contributed by atoms with Gasteiger partial charge >= 0.3 is 0 Å². The maximum absolute atomic E-state index is 14.5. The van der Waals surface area contributed by atoms with Crippen molar-refractivity contribution in [3.05, 3.63) is 90.1 Å². The van der Waals surface area contributed by atoms with E-state index in [1.54, 1.807) is 6.07 Å². The number of halogens is 1. The molecule has 200 valence electrons. The maximum atomic E-state index is 14.5. The standard InChI is InChI=1S/C33H35FN4O/c1-36-21-28(26-6-2-3-7-29(26)34)27-11-10-22(18-32(27)36)19-37-14-12-24(13-15-37)33-35-30-8-4-5-9-31(30)38(33)20-23-16-25(39)17-23/h2-11,18,21,23-25,39H,12-17,19-20H2,1H3. The molecule has 39 heavy (non-hydrogen) atoms. The van der Waals surface area contributed by atoms with Crippen LogP contribution in [0.3, 0.4) is 0 Å². The first kappa shape index (κ1) is 24.6. The van der Waals surface area contributed by atoms with E-state index in [0.29, 0.717) is 17.4 Å². The molecule has 2 aromatic heterocycles. The highest BCUT2D eigenvalue weighted by molar-refractivity contribution is 5.96. The molecule has 1 aliphatic carbocycles. The fourth-order valence-corrected chi connectivity index (χ4v) is 6.74. The highest BCUT2D eigenvalue weighted by atomic mass is 19.1. The molecule has 1 N–H and O–H groups in total. The zero-order valence-corrected chi connectivity index (χ0v) is 22.4. The summed E-state index contributed by atoms with van der Waals surface area (Å²) in [6.45, 7) is 3.96. The van der Waals surface area contributed by atoms with E-state index in [-0.39, 0.29) is 11.9 Å². The predicted octanol–water partition coefficient (Wildman–Crippen LogP) is 6.48. The molecule has 1 aliphatic heterocycles. The molecule has 3 aromatic carbocycles. The lowest BCUT2D eigenvalue weighted by Gasteiger charge is -2.34. The normalized spacial score (nSPS) is 20.6. The number of rotatable bonds is 6. The van der Waals surface area contributed by atoms with Crippen LogP contribution in [0.2, 0.25) is 0 Å². The molecule has 1 saturated carbocycles. The molecular weight excluding hydrogens is 487 g/mol. The molecule has 0 bridgehead atoms. The van der Waals surface area contributed by atoms with Crippen LogP contribution in [0.4, 0.5) is 4.39 Å². The van der Waals surface area contributed by atoms with Crippen LogP contribution in [-0.2, 0) is 20.1 Å². The summed E-state index contributed by atoms with van der Waals surface area (Å²) >= 11 is 0. The predicted molar refractivity (Wildman–Crippen MR) is 154 cm³/mol. The van der Waals surface area contributed by atoms with Crippen LogP contribution in [-0.4, -0.2) is 43.3 Å². The van der Waals surface area contributed by atoms with Gasteiger partial charge in [0, 0.05) is 54.3 Å². The van der Waals surface area contributed by atoms with Crippen molar-refractivity contribution in [2.75, 3.05) is 13.1 Å². The van der Waals surface area contributed by atoms with Crippen LogP contribution in [0.1, 0.15) is 43.0 Å². The van der Waals surface area contributed by atoms with Gasteiger partial charge in [-0.25, -0.2) is 9.37 Å². The van der Waals surface area contributed by atoms with Gasteiger partial charge in [-0.1, -0.05) is 42.5 Å². The number of benzene rings is 3. The van der Waals surface area contributed by atoms with Gasteiger partial charge in [0.1, 0.15) is 11.6 Å². The number of para-hydroxylation sites is 2. The average Bonchev–Trinajstić information content (AvgIpc) is 3.46. The second-order valence-electron chi connectivity index (χ2n) is 11.6. The summed E-state index contributed by atoms with van der Waals surface area (Å²) in [5, 5.41) is 10.9. The van der Waals surface area contributed by atoms with Crippen molar-refractivity contribution in [3.8, 4) is 11.1 Å². The van der Waals surface area contributed by atoms with Crippen molar-refractivity contribution in [1.29, 1.82) is 0 Å². The third kappa shape index (κ3) is 4.56. The minimum Gasteiger partial charge on any atom is -0.393 e. The molecule has 0 unspecified atom stereocenters. The molecule has 0 spiro atoms. The van der Waals surface area contributed by atoms with E-state index >= 15 is 0 Å². The smallest absolute Gasteiger partial charge is 0.131 e. The Labute approximate surface area is 228 Å². The van der Waals surface area contributed by atoms with Gasteiger partial charge in [0.05, 0.1) is 17.1 Å². The van der Waals surface area contributed by atoms with Crippen LogP contribution >= 0.6 is 0 Å². The fourth-order valence-electron chi connectivity index (χ4n) is 6.74. The summed E-state index contributed by atoms with van der Waals surface area (Å²) in [4.78, 5) is 7.65. The molecule has 6 heteroatoms. The summed E-state index contributed by atoms with van der Waals surface area (Å²) in [5.74, 6) is 2.04. The molecule has 5 aromatic rings. The topological polar surface area (TPSA) is 46.2 Å². The number of piperidine rings is 1. The molecule has 3 heterocycles. The highest BCUT2D eigenvalue weighted by Gasteiger charge is 2.31. The Kier molecular flexibility index (Phi) is 6.25. The molecule has 0 radical (unpaired) electrons. The van der Waals surface area contributed by atoms with Gasteiger partial charge in [-0.15, -0.1) is 0 Å². The Morgan fingerprint density at radius 3 is 2.49 bits per heavy atom. The van der Waals surface area contributed by atoms with Gasteiger partial charge in [-0.05, 0) is 74.5 Å². The third-order valence-corrected chi connectivity index (χ3v) is 8.91. The first-order valence-electron chi connectivity index (χ1n) is 14.2. The summed E-state index contributed by atoms with van der Waals surface area (Å²) in [5.41, 5.74) is 6.32. The van der Waals surface area contributed by atoms with Gasteiger partial charge in [-0.2, -0.15) is 0 Å². The number of nitrogens with zero attached hydrogens (tertiary/aromatic N) is 4. The first-order valence-corrected chi connectivity index (χ1v) is 14.2. The van der Waals surface area contributed by atoms with Crippen LogP contribution < -0.4 is 0 Å². The number of aryl methyl sites for hydroxylation is 1. The lowest BCUT2D eigenvalue weighted by Crippen LogP contribution is -2.34. The van der Waals surface area contributed by atoms with Crippen molar-refractivity contribution in [3.63, 3.8) is 0 Å². The van der Waals surface area contributed by atoms with E-state index in [4.69, 9.17) is 4.98 Å². The number of aliphatic hydroxyl groups is 1. The summed E-state index contributed by atoms with van der Waals surface area (Å²) in [6.07, 6.45) is 5.91. The van der Waals surface area contributed by atoms with Gasteiger partial charge < -0.3 is 14.2 Å². The van der Waals surface area contributed by atoms with Gasteiger partial charge in [0.2, 0.25) is 0 Å². The Bertz CT molecular complexity index is 1640. The summed E-state index contributed by atoms with van der Waals surface area (Å²) in [6, 6.07) is 22.1. The monoisotopic (exact) mass is 522 g/mol. The lowest BCUT2D eigenvalue weighted by molar-refractivity contribution is 0.0351. The van der Waals surface area contributed by atoms with E-state index < -0.39 is 0 Å². The number of likely N-dealkylation sites (tertiary alicyclic amines) is 1. The lowest BCUT2D eigenvalue weighted by atomic mass is 9.82. The second-order valence-corrected chi connectivity index (χ2v) is 11.6. The van der Waals surface area contributed by atoms with E-state index in [9.17, 15) is 9.50 Å². The molecular formula is C33H35FN4O. The van der Waals surface area contributed by atoms with Crippen molar-refractivity contribution >= 4 is 21.9 Å². The zero-order valence-electron chi connectivity index (χ0n) is 22.4. The Balaban J connectivity index is 1.07. The number of hydrogen-bond donors (Lipinski definition) is 1. The number of aromatic nitrogens is 3. The average molecular weight is 523 g/mol. The van der Waals surface area contributed by atoms with Crippen molar-refractivity contribution in [2.45, 2.75) is 50.8 Å². The summed E-state index contributed by atoms with van der Waals surface area (Å²) < 4.78 is 19.1. The van der Waals surface area contributed by atoms with E-state index in [1.165, 1.54) is 23.0 Å². The molecule has 1 saturated heterocycles. The van der Waals surface area contributed by atoms with E-state index in [2.05, 4.69) is 56.5 Å². The number of fused-ring (bicyclic) bond motifs is 2. The Hall–Kier alpha value is -3.48. The van der Waals surface area contributed by atoms with Gasteiger partial charge in [-0.3, -0.25) is 4.90 Å². The molecule has 0 amide bonds. The van der Waals surface area contributed by atoms with Crippen molar-refractivity contribution in [1.82, 2.24) is 19.0 Å². The maximum Gasteiger partial charge on any atom is 0.131 e. The van der Waals surface area contributed by atoms with Crippen molar-refractivity contribution in [2.24, 2.45) is 13.0 Å². The van der Waals surface area contributed by atoms with Gasteiger partial charge in [0.25, 0.3) is 0 Å². The molecule has 2 aliphatic rings. The van der Waals surface area contributed by atoms with E-state index in [1.807, 2.05) is 25.4 Å². The van der Waals surface area contributed by atoms with Crippen LogP contribution in [0.25, 0.3) is 33.1 Å². The summed E-state index contributed by atoms with van der Waals surface area (Å²) in [7, 11) is 2.04. The Morgan fingerprint density at radius 2 is 1.69 bits per heavy atom. The molecule has 2 fully saturated rings. The SMILES string of the molecule is Cn1cc(-c2ccccc2F)c2ccc(CN3CCC(c4nc5ccccc5n4CC4CC(O)C4)CC3)cc21. The highest BCUT2D eigenvalue weighted by Crippen LogP contribution is 2.36. The molecule has 5 nitrogen and oxygen atoms in total. The molecule has 7 rings (SSSR count). The zero-order chi connectivity index (χ0) is 26.5. The third-order valence-electron chi connectivity index (χ3n) is 8.91. The quantitative estimate of drug-likeness (QED) is 0.278.